The molecule has 53 heavy (non-hydrogen) atoms. The Morgan fingerprint density at radius 1 is 0.849 bits per heavy atom. The number of nitrogens with one attached hydrogen (secondary N) is 1. The minimum atomic E-state index is -1.20. The highest BCUT2D eigenvalue weighted by Crippen LogP contribution is 2.42. The summed E-state index contributed by atoms with van der Waals surface area (Å²) >= 11 is 0. The molecule has 0 aliphatic heterocycles. The Kier molecular flexibility index (Phi) is 13.1. The quantitative estimate of drug-likeness (QED) is 0.0502. The number of hydrogen-bond donors (Lipinski definition) is 3. The summed E-state index contributed by atoms with van der Waals surface area (Å²) < 4.78 is 21.5. The molecular weight excluding hydrogens is 681 g/mol. The van der Waals surface area contributed by atoms with Gasteiger partial charge in [-0.3, -0.25) is 9.59 Å². The molecule has 0 bridgehead atoms. The molecule has 0 fully saturated rings. The number of aliphatic hydroxyl groups is 2. The van der Waals surface area contributed by atoms with Crippen LogP contribution in [-0.2, 0) is 34.1 Å². The highest BCUT2D eigenvalue weighted by Gasteiger charge is 2.31. The summed E-state index contributed by atoms with van der Waals surface area (Å²) in [4.78, 5) is 41.7. The molecule has 0 aliphatic rings. The maximum atomic E-state index is 14.2. The summed E-state index contributed by atoms with van der Waals surface area (Å²) in [6, 6.07) is 31.3. The number of benzene rings is 4. The lowest BCUT2D eigenvalue weighted by molar-refractivity contribution is -0.763. The van der Waals surface area contributed by atoms with Gasteiger partial charge in [-0.1, -0.05) is 86.6 Å². The van der Waals surface area contributed by atoms with Crippen molar-refractivity contribution in [1.29, 1.82) is 0 Å². The topological polar surface area (TPSA) is 153 Å². The van der Waals surface area contributed by atoms with Crippen LogP contribution in [0.15, 0.2) is 109 Å². The van der Waals surface area contributed by atoms with Crippen molar-refractivity contribution in [3.8, 4) is 22.4 Å². The van der Waals surface area contributed by atoms with Gasteiger partial charge in [0, 0.05) is 23.5 Å². The monoisotopic (exact) mass is 723 g/mol. The second kappa shape index (κ2) is 18.1. The van der Waals surface area contributed by atoms with E-state index in [0.29, 0.717) is 39.2 Å². The van der Waals surface area contributed by atoms with Gasteiger partial charge in [0.15, 0.2) is 0 Å². The molecule has 5 aromatic rings. The summed E-state index contributed by atoms with van der Waals surface area (Å²) in [6.45, 7) is 3.86. The molecule has 276 valence electrons. The van der Waals surface area contributed by atoms with Crippen molar-refractivity contribution in [2.45, 2.75) is 71.0 Å². The number of rotatable bonds is 17. The van der Waals surface area contributed by atoms with E-state index in [1.165, 1.54) is 12.1 Å². The van der Waals surface area contributed by atoms with Crippen molar-refractivity contribution in [2.24, 2.45) is 0 Å². The van der Waals surface area contributed by atoms with Crippen molar-refractivity contribution in [2.75, 3.05) is 5.32 Å². The van der Waals surface area contributed by atoms with Crippen molar-refractivity contribution < 1.29 is 38.9 Å². The molecule has 3 N–H and O–H groups in total. The van der Waals surface area contributed by atoms with Crippen molar-refractivity contribution in [3.63, 3.8) is 0 Å². The maximum Gasteiger partial charge on any atom is 0.308 e. The van der Waals surface area contributed by atoms with Gasteiger partial charge in [0.1, 0.15) is 19.0 Å². The lowest BCUT2D eigenvalue weighted by Gasteiger charge is -2.20. The molecule has 0 spiro atoms. The fraction of sp³-hybridized carbons (Fsp3) is 0.268. The van der Waals surface area contributed by atoms with E-state index < -0.39 is 29.1 Å². The largest absolute Gasteiger partial charge is 0.461 e. The van der Waals surface area contributed by atoms with E-state index >= 15 is 0 Å². The zero-order chi connectivity index (χ0) is 37.9. The molecule has 12 heteroatoms. The van der Waals surface area contributed by atoms with E-state index in [4.69, 9.17) is 4.74 Å². The van der Waals surface area contributed by atoms with Crippen LogP contribution in [0, 0.1) is 15.9 Å². The summed E-state index contributed by atoms with van der Waals surface area (Å²) in [5.74, 6) is -1.55. The summed E-state index contributed by atoms with van der Waals surface area (Å²) in [5, 5.41) is 34.5. The third-order valence-electron chi connectivity index (χ3n) is 8.65. The molecule has 1 amide bonds. The lowest BCUT2D eigenvalue weighted by Crippen LogP contribution is -2.23. The Labute approximate surface area is 306 Å². The molecule has 0 saturated heterocycles. The first kappa shape index (κ1) is 38.4. The average Bonchev–Trinajstić information content (AvgIpc) is 3.49. The van der Waals surface area contributed by atoms with E-state index in [-0.39, 0.29) is 50.8 Å². The molecule has 0 unspecified atom stereocenters. The maximum absolute atomic E-state index is 14.2. The number of carbonyl (C=O) groups is 2. The SMILES string of the molecule is CC(C)c1c(C(=O)Nc2ccccc2)c(-c2ccccc2)c(-c2ccc(F)cc2)n1CC[C@@H](O)C[C@@H](O)CC(=O)OCc1cccc(CO[N+](=O)[O-])c1. The zero-order valence-corrected chi connectivity index (χ0v) is 29.5. The Bertz CT molecular complexity index is 2000. The lowest BCUT2D eigenvalue weighted by atomic mass is 9.94. The number of esters is 1. The third kappa shape index (κ3) is 10.4. The molecule has 0 saturated carbocycles. The Hall–Kier alpha value is -5.85. The normalized spacial score (nSPS) is 12.3. The van der Waals surface area contributed by atoms with Crippen LogP contribution in [0.4, 0.5) is 10.1 Å². The van der Waals surface area contributed by atoms with Crippen LogP contribution in [0.3, 0.4) is 0 Å². The molecule has 11 nitrogen and oxygen atoms in total. The van der Waals surface area contributed by atoms with E-state index in [1.807, 2.05) is 66.9 Å². The number of amides is 1. The molecule has 0 radical (unpaired) electrons. The van der Waals surface area contributed by atoms with Crippen molar-refractivity contribution >= 4 is 17.6 Å². The molecule has 4 aromatic carbocycles. The van der Waals surface area contributed by atoms with E-state index in [2.05, 4.69) is 10.2 Å². The number of aromatic nitrogens is 1. The second-order valence-corrected chi connectivity index (χ2v) is 13.0. The van der Waals surface area contributed by atoms with Crippen LogP contribution >= 0.6 is 0 Å². The van der Waals surface area contributed by atoms with Crippen LogP contribution < -0.4 is 5.32 Å². The fourth-order valence-electron chi connectivity index (χ4n) is 6.35. The molecule has 5 rings (SSSR count). The summed E-state index contributed by atoms with van der Waals surface area (Å²) in [5.41, 5.74) is 5.75. The highest BCUT2D eigenvalue weighted by molar-refractivity contribution is 6.12. The number of hydrogen-bond acceptors (Lipinski definition) is 8. The molecule has 1 heterocycles. The molecule has 1 aromatic heterocycles. The first-order chi connectivity index (χ1) is 25.5. The van der Waals surface area contributed by atoms with Gasteiger partial charge in [-0.25, -0.2) is 4.39 Å². The summed E-state index contributed by atoms with van der Waals surface area (Å²) in [6.07, 6.45) is -2.52. The van der Waals surface area contributed by atoms with Crippen LogP contribution in [0.25, 0.3) is 22.4 Å². The fourth-order valence-corrected chi connectivity index (χ4v) is 6.35. The average molecular weight is 724 g/mol. The number of nitrogens with zero attached hydrogens (tertiary/aromatic N) is 2. The standard InChI is InChI=1S/C41H42FN3O8/c1-27(2)39-38(41(49)43-33-14-7-4-8-15-33)37(30-12-5-3-6-13-30)40(31-16-18-32(42)19-17-31)44(39)21-20-34(46)23-35(47)24-36(48)52-25-28-10-9-11-29(22-28)26-53-45(50)51/h3-19,22,27,34-35,46-47H,20-21,23-26H2,1-2H3,(H,43,49)/t34-,35-/m1/s1. The van der Waals surface area contributed by atoms with E-state index in [9.17, 15) is 34.3 Å². The van der Waals surface area contributed by atoms with Gasteiger partial charge in [-0.15, -0.1) is 10.1 Å². The Morgan fingerprint density at radius 3 is 2.13 bits per heavy atom. The van der Waals surface area contributed by atoms with Gasteiger partial charge < -0.3 is 29.7 Å². The highest BCUT2D eigenvalue weighted by atomic mass is 19.1. The minimum absolute atomic E-state index is 0.109. The van der Waals surface area contributed by atoms with Crippen LogP contribution in [0.1, 0.15) is 66.2 Å². The van der Waals surface area contributed by atoms with E-state index in [1.54, 1.807) is 48.5 Å². The Balaban J connectivity index is 1.37. The first-order valence-electron chi connectivity index (χ1n) is 17.3. The van der Waals surface area contributed by atoms with Crippen molar-refractivity contribution in [3.05, 3.63) is 148 Å². The number of aliphatic hydroxyl groups excluding tert-OH is 2. The molecule has 2 atom stereocenters. The first-order valence-corrected chi connectivity index (χ1v) is 17.3. The minimum Gasteiger partial charge on any atom is -0.461 e. The van der Waals surface area contributed by atoms with Gasteiger partial charge in [-0.2, -0.15) is 0 Å². The number of carbonyl (C=O) groups excluding carboxylic acids is 2. The molecule has 0 aliphatic carbocycles. The van der Waals surface area contributed by atoms with Gasteiger partial charge in [0.05, 0.1) is 29.9 Å². The smallest absolute Gasteiger partial charge is 0.308 e. The number of ether oxygens (including phenoxy) is 1. The van der Waals surface area contributed by atoms with Gasteiger partial charge in [-0.05, 0) is 77.4 Å². The second-order valence-electron chi connectivity index (χ2n) is 13.0. The van der Waals surface area contributed by atoms with Crippen molar-refractivity contribution in [1.82, 2.24) is 4.57 Å². The van der Waals surface area contributed by atoms with Gasteiger partial charge in [0.2, 0.25) is 0 Å². The van der Waals surface area contributed by atoms with Crippen LogP contribution in [0.2, 0.25) is 0 Å². The third-order valence-corrected chi connectivity index (χ3v) is 8.65. The predicted molar refractivity (Wildman–Crippen MR) is 198 cm³/mol. The van der Waals surface area contributed by atoms with E-state index in [0.717, 1.165) is 11.3 Å². The number of halogens is 1. The predicted octanol–water partition coefficient (Wildman–Crippen LogP) is 7.68. The Morgan fingerprint density at radius 2 is 1.49 bits per heavy atom. The van der Waals surface area contributed by atoms with Crippen LogP contribution in [0.5, 0.6) is 0 Å². The van der Waals surface area contributed by atoms with Crippen LogP contribution in [-0.4, -0.2) is 44.0 Å². The van der Waals surface area contributed by atoms with Gasteiger partial charge in [0.25, 0.3) is 11.0 Å². The number of para-hydroxylation sites is 1. The molecular formula is C41H42FN3O8. The summed E-state index contributed by atoms with van der Waals surface area (Å²) in [7, 11) is 0. The van der Waals surface area contributed by atoms with Gasteiger partial charge >= 0.3 is 5.97 Å². The zero-order valence-electron chi connectivity index (χ0n) is 29.5. The number of anilines is 1.